The summed E-state index contributed by atoms with van der Waals surface area (Å²) in [5, 5.41) is 2.93. The zero-order valence-electron chi connectivity index (χ0n) is 8.98. The highest BCUT2D eigenvalue weighted by Gasteiger charge is 2.03. The van der Waals surface area contributed by atoms with Crippen molar-refractivity contribution < 1.29 is 0 Å². The fraction of sp³-hybridized carbons (Fsp3) is 0.400. The first-order chi connectivity index (χ1) is 6.69. The second kappa shape index (κ2) is 6.10. The Labute approximate surface area is 84.5 Å². The van der Waals surface area contributed by atoms with Crippen molar-refractivity contribution in [1.82, 2.24) is 4.98 Å². The number of hydrogen-bond donors (Lipinski definition) is 3. The molecule has 0 unspecified atom stereocenters. The van der Waals surface area contributed by atoms with Crippen LogP contribution in [0.3, 0.4) is 0 Å². The zero-order valence-corrected chi connectivity index (χ0v) is 8.98. The van der Waals surface area contributed by atoms with Crippen LogP contribution in [0.5, 0.6) is 0 Å². The molecular formula is C10H18N3O+. The molecule has 0 amide bonds. The van der Waals surface area contributed by atoms with Crippen molar-refractivity contribution in [3.8, 4) is 0 Å². The van der Waals surface area contributed by atoms with Gasteiger partial charge in [0.25, 0.3) is 5.56 Å². The predicted octanol–water partition coefficient (Wildman–Crippen LogP) is 1.02. The van der Waals surface area contributed by atoms with Gasteiger partial charge in [-0.3, -0.25) is 4.79 Å². The molecule has 0 spiro atoms. The first kappa shape index (κ1) is 12.6. The molecule has 0 aliphatic rings. The molecule has 0 fully saturated rings. The van der Waals surface area contributed by atoms with Crippen LogP contribution in [0.1, 0.15) is 18.2 Å². The Hall–Kier alpha value is -1.42. The Bertz CT molecular complexity index is 331. The molecule has 0 aromatic carbocycles. The van der Waals surface area contributed by atoms with E-state index in [0.717, 1.165) is 11.4 Å². The molecule has 0 atom stereocenters. The summed E-state index contributed by atoms with van der Waals surface area (Å²) >= 11 is 0. The average molecular weight is 196 g/mol. The number of H-pyrrole nitrogens is 1. The van der Waals surface area contributed by atoms with Crippen LogP contribution >= 0.6 is 0 Å². The fourth-order valence-electron chi connectivity index (χ4n) is 1.14. The Balaban J connectivity index is 0.000000791. The van der Waals surface area contributed by atoms with E-state index in [0.29, 0.717) is 5.56 Å². The Kier molecular flexibility index (Phi) is 5.48. The first-order valence-electron chi connectivity index (χ1n) is 4.50. The van der Waals surface area contributed by atoms with Gasteiger partial charge >= 0.3 is 0 Å². The van der Waals surface area contributed by atoms with Gasteiger partial charge in [-0.05, 0) is 13.0 Å². The summed E-state index contributed by atoms with van der Waals surface area (Å²) in [5.41, 5.74) is 7.55. The van der Waals surface area contributed by atoms with Gasteiger partial charge in [0.15, 0.2) is 0 Å². The normalized spacial score (nSPS) is 8.86. The molecule has 1 aromatic heterocycles. The molecule has 78 valence electrons. The summed E-state index contributed by atoms with van der Waals surface area (Å²) in [6, 6.07) is 1.86. The molecule has 14 heavy (non-hydrogen) atoms. The van der Waals surface area contributed by atoms with Gasteiger partial charge < -0.3 is 16.0 Å². The summed E-state index contributed by atoms with van der Waals surface area (Å²) in [6.45, 7) is 7.09. The van der Waals surface area contributed by atoms with E-state index in [9.17, 15) is 4.79 Å². The highest BCUT2D eigenvalue weighted by atomic mass is 16.1. The molecule has 1 aromatic rings. The summed E-state index contributed by atoms with van der Waals surface area (Å²) in [4.78, 5) is 14.0. The van der Waals surface area contributed by atoms with Gasteiger partial charge in [-0.1, -0.05) is 0 Å². The molecule has 0 radical (unpaired) electrons. The van der Waals surface area contributed by atoms with E-state index in [4.69, 9.17) is 5.73 Å². The van der Waals surface area contributed by atoms with Crippen molar-refractivity contribution in [3.05, 3.63) is 34.6 Å². The molecule has 1 rings (SSSR count). The van der Waals surface area contributed by atoms with E-state index >= 15 is 0 Å². The molecule has 4 N–H and O–H groups in total. The number of aromatic amines is 1. The maximum atomic E-state index is 11.3. The molecular weight excluding hydrogens is 178 g/mol. The zero-order chi connectivity index (χ0) is 11.1. The monoisotopic (exact) mass is 196 g/mol. The van der Waals surface area contributed by atoms with E-state index < -0.39 is 0 Å². The van der Waals surface area contributed by atoms with Crippen LogP contribution in [0, 0.1) is 13.8 Å². The van der Waals surface area contributed by atoms with Crippen LogP contribution < -0.4 is 16.6 Å². The van der Waals surface area contributed by atoms with E-state index in [2.05, 4.69) is 17.2 Å². The lowest BCUT2D eigenvalue weighted by molar-refractivity contribution is 0.998. The van der Waals surface area contributed by atoms with Crippen LogP contribution in [0.15, 0.2) is 10.9 Å². The van der Waals surface area contributed by atoms with Gasteiger partial charge in [-0.25, -0.2) is 0 Å². The lowest BCUT2D eigenvalue weighted by Gasteiger charge is -2.06. The SMILES string of the molecule is CNc1cc(C)[nH]c(=O)c1CN.[CH2+]C. The molecule has 0 bridgehead atoms. The highest BCUT2D eigenvalue weighted by molar-refractivity contribution is 5.50. The Morgan fingerprint density at radius 3 is 2.57 bits per heavy atom. The van der Waals surface area contributed by atoms with Crippen LogP contribution in [0.2, 0.25) is 0 Å². The van der Waals surface area contributed by atoms with Crippen molar-refractivity contribution in [2.45, 2.75) is 20.4 Å². The van der Waals surface area contributed by atoms with Gasteiger partial charge in [-0.2, -0.15) is 0 Å². The second-order valence-corrected chi connectivity index (χ2v) is 2.63. The third-order valence-electron chi connectivity index (χ3n) is 1.74. The first-order valence-corrected chi connectivity index (χ1v) is 4.50. The predicted molar refractivity (Wildman–Crippen MR) is 60.3 cm³/mol. The highest BCUT2D eigenvalue weighted by Crippen LogP contribution is 2.09. The summed E-state index contributed by atoms with van der Waals surface area (Å²) in [5.74, 6) is 0. The number of pyridine rings is 1. The van der Waals surface area contributed by atoms with Gasteiger partial charge in [0.2, 0.25) is 0 Å². The summed E-state index contributed by atoms with van der Waals surface area (Å²) in [7, 11) is 1.77. The minimum Gasteiger partial charge on any atom is -0.388 e. The van der Waals surface area contributed by atoms with E-state index in [-0.39, 0.29) is 12.1 Å². The van der Waals surface area contributed by atoms with Crippen LogP contribution in [-0.2, 0) is 6.54 Å². The Morgan fingerprint density at radius 2 is 2.14 bits per heavy atom. The maximum absolute atomic E-state index is 11.3. The molecule has 0 aliphatic carbocycles. The third kappa shape index (κ3) is 2.81. The van der Waals surface area contributed by atoms with Crippen molar-refractivity contribution in [2.24, 2.45) is 5.73 Å². The minimum absolute atomic E-state index is 0.109. The number of hydrogen-bond acceptors (Lipinski definition) is 3. The smallest absolute Gasteiger partial charge is 0.254 e. The number of nitrogens with one attached hydrogen (secondary N) is 2. The molecule has 0 aliphatic heterocycles. The topological polar surface area (TPSA) is 70.9 Å². The van der Waals surface area contributed by atoms with Crippen molar-refractivity contribution >= 4 is 5.69 Å². The lowest BCUT2D eigenvalue weighted by Crippen LogP contribution is -2.19. The van der Waals surface area contributed by atoms with Crippen molar-refractivity contribution in [3.63, 3.8) is 0 Å². The summed E-state index contributed by atoms with van der Waals surface area (Å²) < 4.78 is 0. The quantitative estimate of drug-likeness (QED) is 0.618. The molecule has 4 heteroatoms. The van der Waals surface area contributed by atoms with E-state index in [1.165, 1.54) is 0 Å². The third-order valence-corrected chi connectivity index (χ3v) is 1.74. The van der Waals surface area contributed by atoms with Crippen molar-refractivity contribution in [1.29, 1.82) is 0 Å². The standard InChI is InChI=1S/C8H13N3O.C2H5/c1-5-3-7(10-2)6(4-9)8(12)11-5;1-2/h3H,4,9H2,1-2H3,(H2,10,11,12);1H2,2H3/q;+1. The van der Waals surface area contributed by atoms with Gasteiger partial charge in [0.05, 0.1) is 19.4 Å². The summed E-state index contributed by atoms with van der Waals surface area (Å²) in [6.07, 6.45) is 0. The minimum atomic E-state index is -0.109. The molecule has 4 nitrogen and oxygen atoms in total. The fourth-order valence-corrected chi connectivity index (χ4v) is 1.14. The number of rotatable bonds is 2. The van der Waals surface area contributed by atoms with Crippen LogP contribution in [0.25, 0.3) is 0 Å². The molecule has 0 saturated heterocycles. The maximum Gasteiger partial charge on any atom is 0.254 e. The van der Waals surface area contributed by atoms with E-state index in [1.807, 2.05) is 13.0 Å². The van der Waals surface area contributed by atoms with Crippen molar-refractivity contribution in [2.75, 3.05) is 12.4 Å². The lowest BCUT2D eigenvalue weighted by atomic mass is 10.2. The molecule has 1 heterocycles. The van der Waals surface area contributed by atoms with Crippen LogP contribution in [0.4, 0.5) is 5.69 Å². The number of nitrogens with two attached hydrogens (primary N) is 1. The number of anilines is 1. The van der Waals surface area contributed by atoms with Gasteiger partial charge in [-0.15, -0.1) is 0 Å². The molecule has 0 saturated carbocycles. The largest absolute Gasteiger partial charge is 0.388 e. The van der Waals surface area contributed by atoms with Crippen LogP contribution in [-0.4, -0.2) is 12.0 Å². The average Bonchev–Trinajstić information content (AvgIpc) is 2.19. The number of aryl methyl sites for hydroxylation is 1. The Morgan fingerprint density at radius 1 is 1.57 bits per heavy atom. The number of aromatic nitrogens is 1. The van der Waals surface area contributed by atoms with Gasteiger partial charge in [0, 0.05) is 25.0 Å². The second-order valence-electron chi connectivity index (χ2n) is 2.63. The van der Waals surface area contributed by atoms with Gasteiger partial charge in [0.1, 0.15) is 0 Å². The van der Waals surface area contributed by atoms with E-state index in [1.54, 1.807) is 14.0 Å².